The largest absolute Gasteiger partial charge is 0.480 e. The fourth-order valence-corrected chi connectivity index (χ4v) is 2.40. The summed E-state index contributed by atoms with van der Waals surface area (Å²) in [6, 6.07) is 6.57. The van der Waals surface area contributed by atoms with E-state index in [2.05, 4.69) is 0 Å². The van der Waals surface area contributed by atoms with Crippen molar-refractivity contribution in [3.63, 3.8) is 0 Å². The maximum absolute atomic E-state index is 12.1. The van der Waals surface area contributed by atoms with E-state index in [4.69, 9.17) is 5.73 Å². The third-order valence-electron chi connectivity index (χ3n) is 3.35. The van der Waals surface area contributed by atoms with Crippen molar-refractivity contribution in [2.24, 2.45) is 5.73 Å². The number of carbonyl (C=O) groups excluding carboxylic acids is 1. The average Bonchev–Trinajstić information content (AvgIpc) is 2.36. The molecule has 0 fully saturated rings. The van der Waals surface area contributed by atoms with Crippen LogP contribution in [0.4, 0.5) is 0 Å². The number of carboxylic acids is 1. The first-order chi connectivity index (χ1) is 8.99. The molecule has 1 aliphatic heterocycles. The Morgan fingerprint density at radius 2 is 2.05 bits per heavy atom. The summed E-state index contributed by atoms with van der Waals surface area (Å²) in [6.45, 7) is 2.09. The minimum atomic E-state index is -0.965. The molecule has 2 rings (SSSR count). The number of hydrogen-bond acceptors (Lipinski definition) is 3. The predicted octanol–water partition coefficient (Wildman–Crippen LogP) is 0.762. The van der Waals surface area contributed by atoms with Crippen molar-refractivity contribution in [1.82, 2.24) is 4.90 Å². The molecular formula is C14H18N2O3. The number of rotatable bonds is 3. The second-order valence-corrected chi connectivity index (χ2v) is 5.03. The minimum absolute atomic E-state index is 0.173. The Morgan fingerprint density at radius 3 is 2.63 bits per heavy atom. The van der Waals surface area contributed by atoms with Gasteiger partial charge in [-0.2, -0.15) is 0 Å². The van der Waals surface area contributed by atoms with E-state index >= 15 is 0 Å². The van der Waals surface area contributed by atoms with Gasteiger partial charge in [0.15, 0.2) is 0 Å². The lowest BCUT2D eigenvalue weighted by Gasteiger charge is -2.34. The molecule has 19 heavy (non-hydrogen) atoms. The molecule has 2 atom stereocenters. The number of hydrogen-bond donors (Lipinski definition) is 2. The third kappa shape index (κ3) is 2.93. The molecule has 3 N–H and O–H groups in total. The number of nitrogens with zero attached hydrogens (tertiary/aromatic N) is 1. The number of amides is 1. The van der Waals surface area contributed by atoms with E-state index in [1.165, 1.54) is 4.90 Å². The molecule has 0 aromatic heterocycles. The van der Waals surface area contributed by atoms with Gasteiger partial charge >= 0.3 is 5.97 Å². The number of nitrogens with two attached hydrogens (primary N) is 1. The minimum Gasteiger partial charge on any atom is -0.480 e. The van der Waals surface area contributed by atoms with E-state index < -0.39 is 12.0 Å². The van der Waals surface area contributed by atoms with Crippen LogP contribution in [0.5, 0.6) is 0 Å². The summed E-state index contributed by atoms with van der Waals surface area (Å²) in [5.41, 5.74) is 7.63. The van der Waals surface area contributed by atoms with Gasteiger partial charge in [0.05, 0.1) is 0 Å². The normalized spacial score (nSPS) is 19.7. The Kier molecular flexibility index (Phi) is 3.85. The van der Waals surface area contributed by atoms with Gasteiger partial charge in [0, 0.05) is 25.4 Å². The van der Waals surface area contributed by atoms with Gasteiger partial charge in [0.2, 0.25) is 5.91 Å². The average molecular weight is 262 g/mol. The summed E-state index contributed by atoms with van der Waals surface area (Å²) >= 11 is 0. The van der Waals surface area contributed by atoms with E-state index in [1.807, 2.05) is 24.3 Å². The van der Waals surface area contributed by atoms with Gasteiger partial charge < -0.3 is 15.7 Å². The van der Waals surface area contributed by atoms with Crippen molar-refractivity contribution in [3.8, 4) is 0 Å². The molecule has 1 heterocycles. The van der Waals surface area contributed by atoms with Gasteiger partial charge in [0.25, 0.3) is 0 Å². The third-order valence-corrected chi connectivity index (χ3v) is 3.35. The van der Waals surface area contributed by atoms with Crippen molar-refractivity contribution >= 4 is 11.9 Å². The Balaban J connectivity index is 2.26. The number of benzene rings is 1. The summed E-state index contributed by atoms with van der Waals surface area (Å²) in [7, 11) is 0. The Bertz CT molecular complexity index is 499. The van der Waals surface area contributed by atoms with Crippen molar-refractivity contribution in [2.75, 3.05) is 0 Å². The van der Waals surface area contributed by atoms with E-state index in [0.29, 0.717) is 13.0 Å². The van der Waals surface area contributed by atoms with Gasteiger partial charge in [-0.05, 0) is 18.1 Å². The predicted molar refractivity (Wildman–Crippen MR) is 70.4 cm³/mol. The first-order valence-electron chi connectivity index (χ1n) is 6.33. The van der Waals surface area contributed by atoms with Crippen LogP contribution in [0.1, 0.15) is 24.5 Å². The summed E-state index contributed by atoms with van der Waals surface area (Å²) in [5.74, 6) is -1.16. The fraction of sp³-hybridized carbons (Fsp3) is 0.429. The zero-order valence-electron chi connectivity index (χ0n) is 10.9. The van der Waals surface area contributed by atoms with Crippen molar-refractivity contribution in [3.05, 3.63) is 35.4 Å². The molecule has 0 aliphatic carbocycles. The topological polar surface area (TPSA) is 83.6 Å². The molecule has 102 valence electrons. The molecule has 0 radical (unpaired) electrons. The number of carbonyl (C=O) groups is 2. The second-order valence-electron chi connectivity index (χ2n) is 5.03. The van der Waals surface area contributed by atoms with Crippen LogP contribution >= 0.6 is 0 Å². The van der Waals surface area contributed by atoms with Gasteiger partial charge in [-0.3, -0.25) is 4.79 Å². The molecule has 0 saturated carbocycles. The Labute approximate surface area is 112 Å². The van der Waals surface area contributed by atoms with Crippen LogP contribution in [0.2, 0.25) is 0 Å². The summed E-state index contributed by atoms with van der Waals surface area (Å²) in [6.07, 6.45) is 0.530. The first kappa shape index (κ1) is 13.5. The maximum atomic E-state index is 12.1. The summed E-state index contributed by atoms with van der Waals surface area (Å²) in [5, 5.41) is 9.29. The van der Waals surface area contributed by atoms with Crippen LogP contribution in [0, 0.1) is 0 Å². The lowest BCUT2D eigenvalue weighted by atomic mass is 9.93. The molecule has 1 aliphatic rings. The Morgan fingerprint density at radius 1 is 1.42 bits per heavy atom. The highest BCUT2D eigenvalue weighted by molar-refractivity contribution is 5.84. The van der Waals surface area contributed by atoms with Gasteiger partial charge in [-0.15, -0.1) is 0 Å². The Hall–Kier alpha value is -1.88. The number of carboxylic acid groups (broad SMARTS) is 1. The van der Waals surface area contributed by atoms with E-state index in [0.717, 1.165) is 11.1 Å². The first-order valence-corrected chi connectivity index (χ1v) is 6.33. The van der Waals surface area contributed by atoms with Gasteiger partial charge in [0.1, 0.15) is 6.04 Å². The zero-order valence-corrected chi connectivity index (χ0v) is 10.9. The molecule has 0 spiro atoms. The molecular weight excluding hydrogens is 244 g/mol. The summed E-state index contributed by atoms with van der Waals surface area (Å²) < 4.78 is 0. The van der Waals surface area contributed by atoms with E-state index in [9.17, 15) is 14.7 Å². The zero-order chi connectivity index (χ0) is 14.0. The molecule has 0 bridgehead atoms. The molecule has 5 heteroatoms. The molecule has 1 unspecified atom stereocenters. The lowest BCUT2D eigenvalue weighted by Crippen LogP contribution is -2.49. The highest BCUT2D eigenvalue weighted by Gasteiger charge is 2.34. The van der Waals surface area contributed by atoms with Crippen molar-refractivity contribution < 1.29 is 14.7 Å². The molecule has 1 aromatic carbocycles. The quantitative estimate of drug-likeness (QED) is 0.842. The van der Waals surface area contributed by atoms with Crippen LogP contribution in [-0.2, 0) is 22.6 Å². The summed E-state index contributed by atoms with van der Waals surface area (Å²) in [4.78, 5) is 24.9. The second kappa shape index (κ2) is 5.40. The van der Waals surface area contributed by atoms with Crippen LogP contribution < -0.4 is 5.73 Å². The molecule has 1 amide bonds. The smallest absolute Gasteiger partial charge is 0.326 e. The lowest BCUT2D eigenvalue weighted by molar-refractivity contribution is -0.151. The fourth-order valence-electron chi connectivity index (χ4n) is 2.40. The SMILES string of the molecule is CC(N)CC(=O)N1Cc2ccccc2C[C@@H]1C(=O)O. The van der Waals surface area contributed by atoms with Gasteiger partial charge in [-0.1, -0.05) is 24.3 Å². The van der Waals surface area contributed by atoms with E-state index in [1.54, 1.807) is 6.92 Å². The number of fused-ring (bicyclic) bond motifs is 1. The standard InChI is InChI=1S/C14H18N2O3/c1-9(15)6-13(17)16-8-11-5-3-2-4-10(11)7-12(16)14(18)19/h2-5,9,12H,6-8,15H2,1H3,(H,18,19)/t9?,12-/m1/s1. The highest BCUT2D eigenvalue weighted by atomic mass is 16.4. The van der Waals surface area contributed by atoms with Crippen LogP contribution in [0.25, 0.3) is 0 Å². The van der Waals surface area contributed by atoms with Crippen LogP contribution in [0.3, 0.4) is 0 Å². The molecule has 5 nitrogen and oxygen atoms in total. The number of aliphatic carboxylic acids is 1. The van der Waals surface area contributed by atoms with Crippen LogP contribution in [-0.4, -0.2) is 34.0 Å². The van der Waals surface area contributed by atoms with Crippen molar-refractivity contribution in [2.45, 2.75) is 38.4 Å². The monoisotopic (exact) mass is 262 g/mol. The maximum Gasteiger partial charge on any atom is 0.326 e. The molecule has 1 aromatic rings. The van der Waals surface area contributed by atoms with E-state index in [-0.39, 0.29) is 18.4 Å². The highest BCUT2D eigenvalue weighted by Crippen LogP contribution is 2.24. The van der Waals surface area contributed by atoms with Crippen molar-refractivity contribution in [1.29, 1.82) is 0 Å². The van der Waals surface area contributed by atoms with Gasteiger partial charge in [-0.25, -0.2) is 4.79 Å². The molecule has 0 saturated heterocycles. The van der Waals surface area contributed by atoms with Crippen LogP contribution in [0.15, 0.2) is 24.3 Å².